The van der Waals surface area contributed by atoms with Crippen LogP contribution in [-0.2, 0) is 0 Å². The van der Waals surface area contributed by atoms with Crippen LogP contribution < -0.4 is 5.73 Å². The van der Waals surface area contributed by atoms with Gasteiger partial charge in [-0.05, 0) is 18.6 Å². The number of alkyl halides is 3. The fraction of sp³-hybridized carbons (Fsp3) is 0.273. The smallest absolute Gasteiger partial charge is 0.398 e. The van der Waals surface area contributed by atoms with Crippen LogP contribution in [0.3, 0.4) is 0 Å². The van der Waals surface area contributed by atoms with Crippen molar-refractivity contribution in [2.45, 2.75) is 13.1 Å². The van der Waals surface area contributed by atoms with Gasteiger partial charge in [-0.1, -0.05) is 12.1 Å². The maximum Gasteiger partial charge on any atom is 0.431 e. The Morgan fingerprint density at radius 1 is 1.29 bits per heavy atom. The number of nitrogens with zero attached hydrogens (tertiary/aromatic N) is 2. The molecule has 1 aliphatic rings. The molecule has 90 valence electrons. The molecule has 0 aromatic heterocycles. The van der Waals surface area contributed by atoms with E-state index in [0.717, 1.165) is 5.56 Å². The van der Waals surface area contributed by atoms with Crippen LogP contribution in [0.25, 0.3) is 0 Å². The van der Waals surface area contributed by atoms with Gasteiger partial charge in [0.2, 0.25) is 0 Å². The Kier molecular flexibility index (Phi) is 2.65. The van der Waals surface area contributed by atoms with Gasteiger partial charge in [0.05, 0.1) is 6.54 Å². The van der Waals surface area contributed by atoms with Crippen LogP contribution in [0.15, 0.2) is 28.2 Å². The van der Waals surface area contributed by atoms with E-state index in [1.54, 1.807) is 18.2 Å². The molecule has 0 spiro atoms. The lowest BCUT2D eigenvalue weighted by Crippen LogP contribution is -2.23. The molecule has 0 saturated heterocycles. The highest BCUT2D eigenvalue weighted by Crippen LogP contribution is 2.23. The minimum atomic E-state index is -4.42. The molecule has 1 aromatic carbocycles. The zero-order chi connectivity index (χ0) is 12.6. The number of nitrogen functional groups attached to an aromatic ring is 1. The lowest BCUT2D eigenvalue weighted by molar-refractivity contribution is -0.0592. The summed E-state index contributed by atoms with van der Waals surface area (Å²) >= 11 is 0. The fourth-order valence-electron chi connectivity index (χ4n) is 1.44. The Labute approximate surface area is 95.9 Å². The molecule has 0 aliphatic carbocycles. The van der Waals surface area contributed by atoms with Gasteiger partial charge in [0.1, 0.15) is 5.71 Å². The summed E-state index contributed by atoms with van der Waals surface area (Å²) in [6.45, 7) is 1.40. The van der Waals surface area contributed by atoms with Crippen LogP contribution in [0.5, 0.6) is 0 Å². The second-order valence-electron chi connectivity index (χ2n) is 3.77. The SMILES string of the molecule is Cc1ccc(C2=NCC(C(F)(F)F)=N2)cc1N. The number of rotatable bonds is 1. The Balaban J connectivity index is 2.31. The Hall–Kier alpha value is -1.85. The molecule has 0 unspecified atom stereocenters. The van der Waals surface area contributed by atoms with E-state index < -0.39 is 18.4 Å². The first-order valence-electron chi connectivity index (χ1n) is 4.93. The summed E-state index contributed by atoms with van der Waals surface area (Å²) in [4.78, 5) is 7.25. The van der Waals surface area contributed by atoms with E-state index in [1.165, 1.54) is 0 Å². The normalized spacial score (nSPS) is 15.8. The van der Waals surface area contributed by atoms with Gasteiger partial charge in [0, 0.05) is 11.3 Å². The van der Waals surface area contributed by atoms with E-state index in [-0.39, 0.29) is 5.84 Å². The predicted molar refractivity (Wildman–Crippen MR) is 60.5 cm³/mol. The third-order valence-electron chi connectivity index (χ3n) is 2.48. The number of halogens is 3. The van der Waals surface area contributed by atoms with E-state index in [2.05, 4.69) is 9.98 Å². The number of hydrogen-bond donors (Lipinski definition) is 1. The molecular weight excluding hydrogens is 231 g/mol. The summed E-state index contributed by atoms with van der Waals surface area (Å²) in [5.41, 5.74) is 6.70. The Morgan fingerprint density at radius 2 is 2.00 bits per heavy atom. The van der Waals surface area contributed by atoms with Crippen LogP contribution in [-0.4, -0.2) is 24.3 Å². The number of aryl methyl sites for hydroxylation is 1. The second kappa shape index (κ2) is 3.87. The maximum atomic E-state index is 12.4. The standard InChI is InChI=1S/C11H10F3N3/c1-6-2-3-7(4-8(6)15)10-16-5-9(17-10)11(12,13)14/h2-4H,5,15H2,1H3. The second-order valence-corrected chi connectivity index (χ2v) is 3.77. The Morgan fingerprint density at radius 3 is 2.53 bits per heavy atom. The first-order chi connectivity index (χ1) is 7.88. The van der Waals surface area contributed by atoms with Gasteiger partial charge >= 0.3 is 6.18 Å². The summed E-state index contributed by atoms with van der Waals surface area (Å²) in [6.07, 6.45) is -4.42. The van der Waals surface area contributed by atoms with Gasteiger partial charge in [0.15, 0.2) is 5.84 Å². The zero-order valence-electron chi connectivity index (χ0n) is 9.04. The molecule has 0 bridgehead atoms. The number of anilines is 1. The number of amidine groups is 1. The van der Waals surface area contributed by atoms with Crippen molar-refractivity contribution in [1.82, 2.24) is 0 Å². The monoisotopic (exact) mass is 241 g/mol. The maximum absolute atomic E-state index is 12.4. The number of aliphatic imine (C=N–C) groups is 2. The molecule has 2 N–H and O–H groups in total. The zero-order valence-corrected chi connectivity index (χ0v) is 9.04. The van der Waals surface area contributed by atoms with Crippen molar-refractivity contribution in [3.8, 4) is 0 Å². The molecular formula is C11H10F3N3. The molecule has 0 amide bonds. The van der Waals surface area contributed by atoms with Crippen molar-refractivity contribution >= 4 is 17.2 Å². The van der Waals surface area contributed by atoms with E-state index in [9.17, 15) is 13.2 Å². The van der Waals surface area contributed by atoms with Crippen molar-refractivity contribution < 1.29 is 13.2 Å². The molecule has 3 nitrogen and oxygen atoms in total. The van der Waals surface area contributed by atoms with Crippen molar-refractivity contribution in [1.29, 1.82) is 0 Å². The quantitative estimate of drug-likeness (QED) is 0.754. The van der Waals surface area contributed by atoms with E-state index >= 15 is 0 Å². The summed E-state index contributed by atoms with van der Waals surface area (Å²) < 4.78 is 37.1. The van der Waals surface area contributed by atoms with E-state index in [1.807, 2.05) is 6.92 Å². The van der Waals surface area contributed by atoms with Gasteiger partial charge in [-0.3, -0.25) is 4.99 Å². The van der Waals surface area contributed by atoms with E-state index in [0.29, 0.717) is 11.3 Å². The van der Waals surface area contributed by atoms with Gasteiger partial charge in [-0.2, -0.15) is 13.2 Å². The first kappa shape index (κ1) is 11.6. The number of nitrogens with two attached hydrogens (primary N) is 1. The predicted octanol–water partition coefficient (Wildman–Crippen LogP) is 2.34. The highest BCUT2D eigenvalue weighted by Gasteiger charge is 2.37. The molecule has 1 heterocycles. The molecule has 2 rings (SSSR count). The van der Waals surface area contributed by atoms with Crippen LogP contribution in [0.1, 0.15) is 11.1 Å². The van der Waals surface area contributed by atoms with Crippen LogP contribution in [0.4, 0.5) is 18.9 Å². The van der Waals surface area contributed by atoms with Crippen molar-refractivity contribution in [3.63, 3.8) is 0 Å². The Bertz CT molecular complexity index is 515. The molecule has 1 aliphatic heterocycles. The summed E-state index contributed by atoms with van der Waals surface area (Å²) in [6, 6.07) is 4.97. The average Bonchev–Trinajstić information content (AvgIpc) is 2.70. The molecule has 0 fully saturated rings. The highest BCUT2D eigenvalue weighted by molar-refractivity contribution is 6.13. The minimum absolute atomic E-state index is 0.0871. The van der Waals surface area contributed by atoms with Crippen LogP contribution in [0, 0.1) is 6.92 Å². The van der Waals surface area contributed by atoms with Crippen LogP contribution >= 0.6 is 0 Å². The van der Waals surface area contributed by atoms with Gasteiger partial charge in [-0.25, -0.2) is 4.99 Å². The largest absolute Gasteiger partial charge is 0.431 e. The van der Waals surface area contributed by atoms with Gasteiger partial charge in [0.25, 0.3) is 0 Å². The van der Waals surface area contributed by atoms with Gasteiger partial charge < -0.3 is 5.73 Å². The number of benzene rings is 1. The highest BCUT2D eigenvalue weighted by atomic mass is 19.4. The third-order valence-corrected chi connectivity index (χ3v) is 2.48. The molecule has 0 atom stereocenters. The number of hydrogen-bond acceptors (Lipinski definition) is 3. The molecule has 1 aromatic rings. The van der Waals surface area contributed by atoms with Gasteiger partial charge in [-0.15, -0.1) is 0 Å². The molecule has 6 heteroatoms. The molecule has 0 radical (unpaired) electrons. The van der Waals surface area contributed by atoms with Crippen molar-refractivity contribution in [2.75, 3.05) is 12.3 Å². The topological polar surface area (TPSA) is 50.7 Å². The summed E-state index contributed by atoms with van der Waals surface area (Å²) in [7, 11) is 0. The molecule has 17 heavy (non-hydrogen) atoms. The first-order valence-corrected chi connectivity index (χ1v) is 4.93. The summed E-state index contributed by atoms with van der Waals surface area (Å²) in [5, 5.41) is 0. The average molecular weight is 241 g/mol. The van der Waals surface area contributed by atoms with Crippen molar-refractivity contribution in [2.24, 2.45) is 9.98 Å². The third kappa shape index (κ3) is 2.30. The fourth-order valence-corrected chi connectivity index (χ4v) is 1.44. The lowest BCUT2D eigenvalue weighted by Gasteiger charge is -2.04. The van der Waals surface area contributed by atoms with Crippen molar-refractivity contribution in [3.05, 3.63) is 29.3 Å². The molecule has 0 saturated carbocycles. The minimum Gasteiger partial charge on any atom is -0.398 e. The summed E-state index contributed by atoms with van der Waals surface area (Å²) in [5.74, 6) is 0.0871. The lowest BCUT2D eigenvalue weighted by atomic mass is 10.1. The van der Waals surface area contributed by atoms with Crippen LogP contribution in [0.2, 0.25) is 0 Å². The van der Waals surface area contributed by atoms with E-state index in [4.69, 9.17) is 5.73 Å².